The first-order chi connectivity index (χ1) is 10.2. The summed E-state index contributed by atoms with van der Waals surface area (Å²) in [6.07, 6.45) is 2.02. The second-order valence-electron chi connectivity index (χ2n) is 5.11. The SMILES string of the molecule is CCCC(=O)CC(Nc1ccc(Cl)cc1)c1ccccc1. The first-order valence-corrected chi connectivity index (χ1v) is 7.65. The molecule has 0 fully saturated rings. The number of hydrogen-bond donors (Lipinski definition) is 1. The van der Waals surface area contributed by atoms with Crippen LogP contribution >= 0.6 is 11.6 Å². The molecule has 3 heteroatoms. The van der Waals surface area contributed by atoms with Gasteiger partial charge in [0.25, 0.3) is 0 Å². The molecule has 0 aromatic heterocycles. The Bertz CT molecular complexity index is 566. The Morgan fingerprint density at radius 1 is 1.10 bits per heavy atom. The molecule has 1 atom stereocenters. The zero-order valence-corrected chi connectivity index (χ0v) is 12.9. The zero-order chi connectivity index (χ0) is 15.1. The van der Waals surface area contributed by atoms with Crippen molar-refractivity contribution in [3.05, 3.63) is 65.2 Å². The lowest BCUT2D eigenvalue weighted by Gasteiger charge is -2.20. The fraction of sp³-hybridized carbons (Fsp3) is 0.278. The van der Waals surface area contributed by atoms with Crippen molar-refractivity contribution in [2.75, 3.05) is 5.32 Å². The first-order valence-electron chi connectivity index (χ1n) is 7.27. The van der Waals surface area contributed by atoms with E-state index in [-0.39, 0.29) is 11.8 Å². The van der Waals surface area contributed by atoms with Gasteiger partial charge in [-0.05, 0) is 36.2 Å². The molecule has 110 valence electrons. The summed E-state index contributed by atoms with van der Waals surface area (Å²) in [5, 5.41) is 4.14. The molecule has 1 unspecified atom stereocenters. The number of hydrogen-bond acceptors (Lipinski definition) is 2. The standard InChI is InChI=1S/C18H20ClNO/c1-2-6-17(21)13-18(14-7-4-3-5-8-14)20-16-11-9-15(19)10-12-16/h3-5,7-12,18,20H,2,6,13H2,1H3. The molecule has 21 heavy (non-hydrogen) atoms. The van der Waals surface area contributed by atoms with Gasteiger partial charge in [-0.2, -0.15) is 0 Å². The summed E-state index contributed by atoms with van der Waals surface area (Å²) in [4.78, 5) is 12.0. The number of halogens is 1. The molecule has 0 spiro atoms. The summed E-state index contributed by atoms with van der Waals surface area (Å²) in [6, 6.07) is 17.6. The van der Waals surface area contributed by atoms with Gasteiger partial charge in [0.2, 0.25) is 0 Å². The van der Waals surface area contributed by atoms with Gasteiger partial charge in [0.1, 0.15) is 5.78 Å². The third kappa shape index (κ3) is 4.91. The minimum atomic E-state index is -0.00794. The van der Waals surface area contributed by atoms with E-state index in [1.54, 1.807) is 0 Å². The van der Waals surface area contributed by atoms with Gasteiger partial charge in [-0.25, -0.2) is 0 Å². The fourth-order valence-electron chi connectivity index (χ4n) is 2.29. The van der Waals surface area contributed by atoms with Crippen LogP contribution in [0, 0.1) is 0 Å². The number of ketones is 1. The van der Waals surface area contributed by atoms with Gasteiger partial charge in [-0.15, -0.1) is 0 Å². The normalized spacial score (nSPS) is 11.9. The number of rotatable bonds is 7. The van der Waals surface area contributed by atoms with Crippen molar-refractivity contribution in [1.82, 2.24) is 0 Å². The van der Waals surface area contributed by atoms with Gasteiger partial charge in [-0.3, -0.25) is 4.79 Å². The van der Waals surface area contributed by atoms with E-state index in [9.17, 15) is 4.79 Å². The highest BCUT2D eigenvalue weighted by Gasteiger charge is 2.15. The van der Waals surface area contributed by atoms with E-state index in [0.29, 0.717) is 17.9 Å². The molecule has 0 saturated heterocycles. The number of anilines is 1. The van der Waals surface area contributed by atoms with Gasteiger partial charge in [0, 0.05) is 23.6 Å². The number of benzene rings is 2. The maximum absolute atomic E-state index is 12.0. The molecule has 0 bridgehead atoms. The van der Waals surface area contributed by atoms with Gasteiger partial charge < -0.3 is 5.32 Å². The van der Waals surface area contributed by atoms with E-state index in [1.165, 1.54) is 0 Å². The van der Waals surface area contributed by atoms with Crippen LogP contribution < -0.4 is 5.32 Å². The van der Waals surface area contributed by atoms with Crippen molar-refractivity contribution >= 4 is 23.1 Å². The Hall–Kier alpha value is -1.80. The Morgan fingerprint density at radius 2 is 1.76 bits per heavy atom. The number of carbonyl (C=O) groups excluding carboxylic acids is 1. The van der Waals surface area contributed by atoms with Gasteiger partial charge in [0.15, 0.2) is 0 Å². The molecule has 1 N–H and O–H groups in total. The van der Waals surface area contributed by atoms with Gasteiger partial charge in [0.05, 0.1) is 6.04 Å². The molecular weight excluding hydrogens is 282 g/mol. The molecule has 0 heterocycles. The van der Waals surface area contributed by atoms with E-state index in [1.807, 2.05) is 61.5 Å². The summed E-state index contributed by atoms with van der Waals surface area (Å²) >= 11 is 5.91. The molecule has 0 aliphatic rings. The molecule has 0 saturated carbocycles. The van der Waals surface area contributed by atoms with Crippen LogP contribution in [-0.2, 0) is 4.79 Å². The number of Topliss-reactive ketones (excluding diaryl/α,β-unsaturated/α-hetero) is 1. The Morgan fingerprint density at radius 3 is 2.38 bits per heavy atom. The van der Waals surface area contributed by atoms with Crippen molar-refractivity contribution in [3.63, 3.8) is 0 Å². The summed E-state index contributed by atoms with van der Waals surface area (Å²) in [5.41, 5.74) is 2.09. The second-order valence-corrected chi connectivity index (χ2v) is 5.54. The van der Waals surface area contributed by atoms with Crippen LogP contribution in [0.1, 0.15) is 37.8 Å². The topological polar surface area (TPSA) is 29.1 Å². The summed E-state index contributed by atoms with van der Waals surface area (Å²) in [7, 11) is 0. The van der Waals surface area contributed by atoms with Crippen LogP contribution in [0.4, 0.5) is 5.69 Å². The van der Waals surface area contributed by atoms with E-state index in [4.69, 9.17) is 11.6 Å². The molecule has 2 aromatic rings. The maximum Gasteiger partial charge on any atom is 0.135 e. The lowest BCUT2D eigenvalue weighted by molar-refractivity contribution is -0.119. The summed E-state index contributed by atoms with van der Waals surface area (Å²) < 4.78 is 0. The van der Waals surface area contributed by atoms with Crippen molar-refractivity contribution in [1.29, 1.82) is 0 Å². The van der Waals surface area contributed by atoms with E-state index in [2.05, 4.69) is 5.32 Å². The number of nitrogens with one attached hydrogen (secondary N) is 1. The minimum Gasteiger partial charge on any atom is -0.378 e. The zero-order valence-electron chi connectivity index (χ0n) is 12.2. The maximum atomic E-state index is 12.0. The predicted molar refractivity (Wildman–Crippen MR) is 88.8 cm³/mol. The minimum absolute atomic E-state index is 0.00794. The Balaban J connectivity index is 2.15. The highest BCUT2D eigenvalue weighted by atomic mass is 35.5. The van der Waals surface area contributed by atoms with Crippen molar-refractivity contribution in [3.8, 4) is 0 Å². The van der Waals surface area contributed by atoms with Gasteiger partial charge in [-0.1, -0.05) is 48.9 Å². The third-order valence-corrected chi connectivity index (χ3v) is 3.60. The predicted octanol–water partition coefficient (Wildman–Crippen LogP) is 5.25. The summed E-state index contributed by atoms with van der Waals surface area (Å²) in [5.74, 6) is 0.285. The third-order valence-electron chi connectivity index (χ3n) is 3.35. The smallest absolute Gasteiger partial charge is 0.135 e. The Labute approximate surface area is 131 Å². The van der Waals surface area contributed by atoms with E-state index < -0.39 is 0 Å². The second kappa shape index (κ2) is 7.84. The van der Waals surface area contributed by atoms with E-state index >= 15 is 0 Å². The van der Waals surface area contributed by atoms with Crippen LogP contribution in [0.15, 0.2) is 54.6 Å². The lowest BCUT2D eigenvalue weighted by Crippen LogP contribution is -2.15. The quantitative estimate of drug-likeness (QED) is 0.756. The Kier molecular flexibility index (Phi) is 5.82. The van der Waals surface area contributed by atoms with Crippen LogP contribution in [0.5, 0.6) is 0 Å². The number of carbonyl (C=O) groups is 1. The average molecular weight is 302 g/mol. The van der Waals surface area contributed by atoms with Crippen molar-refractivity contribution in [2.45, 2.75) is 32.2 Å². The molecular formula is C18H20ClNO. The molecule has 0 radical (unpaired) electrons. The molecule has 0 aliphatic heterocycles. The van der Waals surface area contributed by atoms with Crippen LogP contribution in [0.25, 0.3) is 0 Å². The van der Waals surface area contributed by atoms with Crippen molar-refractivity contribution < 1.29 is 4.79 Å². The van der Waals surface area contributed by atoms with Crippen LogP contribution in [-0.4, -0.2) is 5.78 Å². The highest BCUT2D eigenvalue weighted by Crippen LogP contribution is 2.24. The molecule has 0 amide bonds. The van der Waals surface area contributed by atoms with Gasteiger partial charge >= 0.3 is 0 Å². The lowest BCUT2D eigenvalue weighted by atomic mass is 9.99. The molecule has 0 aliphatic carbocycles. The molecule has 2 rings (SSSR count). The van der Waals surface area contributed by atoms with Crippen molar-refractivity contribution in [2.24, 2.45) is 0 Å². The van der Waals surface area contributed by atoms with Crippen LogP contribution in [0.3, 0.4) is 0 Å². The largest absolute Gasteiger partial charge is 0.378 e. The summed E-state index contributed by atoms with van der Waals surface area (Å²) in [6.45, 7) is 2.03. The van der Waals surface area contributed by atoms with E-state index in [0.717, 1.165) is 17.7 Å². The van der Waals surface area contributed by atoms with Crippen LogP contribution in [0.2, 0.25) is 5.02 Å². The highest BCUT2D eigenvalue weighted by molar-refractivity contribution is 6.30. The molecule has 2 aromatic carbocycles. The fourth-order valence-corrected chi connectivity index (χ4v) is 2.42. The average Bonchev–Trinajstić information content (AvgIpc) is 2.50. The molecule has 2 nitrogen and oxygen atoms in total. The first kappa shape index (κ1) is 15.6. The monoisotopic (exact) mass is 301 g/mol.